The molecule has 0 amide bonds. The Hall–Kier alpha value is -2.37. The van der Waals surface area contributed by atoms with Gasteiger partial charge in [0.25, 0.3) is 0 Å². The third-order valence-electron chi connectivity index (χ3n) is 3.50. The number of fused-ring (bicyclic) bond motifs is 1. The SMILES string of the molecule is C#CC1(C)O[C@@H](n2cnc3c(N)nc(N)nc32)C[C@H]1O. The summed E-state index contributed by atoms with van der Waals surface area (Å²) >= 11 is 0. The molecule has 0 aliphatic carbocycles. The standard InChI is InChI=1S/C12H14N6O2/c1-3-12(2)6(19)4-7(20-12)18-5-15-8-9(13)16-11(14)17-10(8)18/h1,5-7,19H,4H2,2H3,(H4,13,14,16,17)/t6-,7-,12?/m1/s1. The van der Waals surface area contributed by atoms with Crippen LogP contribution in [0.25, 0.3) is 11.2 Å². The van der Waals surface area contributed by atoms with E-state index in [-0.39, 0.29) is 11.8 Å². The number of hydrogen-bond acceptors (Lipinski definition) is 7. The maximum atomic E-state index is 10.0. The summed E-state index contributed by atoms with van der Waals surface area (Å²) in [5, 5.41) is 10.0. The number of rotatable bonds is 1. The van der Waals surface area contributed by atoms with Crippen LogP contribution in [-0.2, 0) is 4.74 Å². The number of imidazole rings is 1. The highest BCUT2D eigenvalue weighted by atomic mass is 16.5. The van der Waals surface area contributed by atoms with Crippen LogP contribution in [0.1, 0.15) is 19.6 Å². The molecule has 8 heteroatoms. The van der Waals surface area contributed by atoms with Gasteiger partial charge in [-0.25, -0.2) is 4.98 Å². The predicted octanol–water partition coefficient (Wildman–Crippen LogP) is -0.338. The second-order valence-electron chi connectivity index (χ2n) is 4.87. The monoisotopic (exact) mass is 274 g/mol. The molecule has 1 unspecified atom stereocenters. The van der Waals surface area contributed by atoms with Gasteiger partial charge in [0, 0.05) is 6.42 Å². The van der Waals surface area contributed by atoms with Crippen molar-refractivity contribution in [2.45, 2.75) is 31.3 Å². The highest BCUT2D eigenvalue weighted by Gasteiger charge is 2.44. The van der Waals surface area contributed by atoms with Gasteiger partial charge in [-0.15, -0.1) is 6.42 Å². The van der Waals surface area contributed by atoms with Gasteiger partial charge in [0.15, 0.2) is 17.1 Å². The number of nitrogens with zero attached hydrogens (tertiary/aromatic N) is 4. The van der Waals surface area contributed by atoms with E-state index in [4.69, 9.17) is 22.6 Å². The zero-order chi connectivity index (χ0) is 14.5. The van der Waals surface area contributed by atoms with Gasteiger partial charge in [0.05, 0.1) is 12.4 Å². The third kappa shape index (κ3) is 1.68. The Bertz CT molecular complexity index is 721. The maximum absolute atomic E-state index is 10.0. The van der Waals surface area contributed by atoms with E-state index in [0.29, 0.717) is 17.6 Å². The van der Waals surface area contributed by atoms with Gasteiger partial charge in [0.2, 0.25) is 5.95 Å². The van der Waals surface area contributed by atoms with Gasteiger partial charge in [-0.1, -0.05) is 5.92 Å². The van der Waals surface area contributed by atoms with Crippen molar-refractivity contribution in [3.63, 3.8) is 0 Å². The number of aliphatic hydroxyl groups is 1. The highest BCUT2D eigenvalue weighted by molar-refractivity contribution is 5.82. The van der Waals surface area contributed by atoms with Gasteiger partial charge in [0.1, 0.15) is 11.7 Å². The fourth-order valence-corrected chi connectivity index (χ4v) is 2.29. The number of anilines is 2. The molecule has 1 aliphatic heterocycles. The first-order valence-electron chi connectivity index (χ1n) is 6.04. The minimum Gasteiger partial charge on any atom is -0.389 e. The van der Waals surface area contributed by atoms with E-state index >= 15 is 0 Å². The molecule has 1 aliphatic rings. The molecule has 3 heterocycles. The fourth-order valence-electron chi connectivity index (χ4n) is 2.29. The molecule has 0 saturated carbocycles. The van der Waals surface area contributed by atoms with Crippen LogP contribution in [0, 0.1) is 12.3 Å². The van der Waals surface area contributed by atoms with E-state index in [1.54, 1.807) is 11.5 Å². The average molecular weight is 274 g/mol. The number of terminal acetylenes is 1. The lowest BCUT2D eigenvalue weighted by molar-refractivity contribution is -0.0513. The van der Waals surface area contributed by atoms with Crippen molar-refractivity contribution in [1.82, 2.24) is 19.5 Å². The van der Waals surface area contributed by atoms with E-state index in [1.807, 2.05) is 0 Å². The zero-order valence-electron chi connectivity index (χ0n) is 10.8. The van der Waals surface area contributed by atoms with Crippen LogP contribution in [0.5, 0.6) is 0 Å². The number of hydrogen-bond donors (Lipinski definition) is 3. The Morgan fingerprint density at radius 3 is 2.95 bits per heavy atom. The van der Waals surface area contributed by atoms with Crippen molar-refractivity contribution >= 4 is 22.9 Å². The molecule has 1 saturated heterocycles. The number of ether oxygens (including phenoxy) is 1. The van der Waals surface area contributed by atoms with Crippen molar-refractivity contribution in [2.24, 2.45) is 0 Å². The minimum atomic E-state index is -1.04. The van der Waals surface area contributed by atoms with Crippen molar-refractivity contribution in [3.8, 4) is 12.3 Å². The molecule has 5 N–H and O–H groups in total. The smallest absolute Gasteiger partial charge is 0.224 e. The molecule has 2 aromatic heterocycles. The lowest BCUT2D eigenvalue weighted by atomic mass is 10.0. The molecule has 8 nitrogen and oxygen atoms in total. The number of nitrogens with two attached hydrogens (primary N) is 2. The second kappa shape index (κ2) is 4.06. The molecule has 3 rings (SSSR count). The number of nitrogen functional groups attached to an aromatic ring is 2. The summed E-state index contributed by atoms with van der Waals surface area (Å²) in [5.41, 5.74) is 11.2. The van der Waals surface area contributed by atoms with E-state index in [1.165, 1.54) is 6.33 Å². The van der Waals surface area contributed by atoms with Crippen molar-refractivity contribution in [3.05, 3.63) is 6.33 Å². The van der Waals surface area contributed by atoms with E-state index in [0.717, 1.165) is 0 Å². The van der Waals surface area contributed by atoms with E-state index < -0.39 is 17.9 Å². The maximum Gasteiger partial charge on any atom is 0.224 e. The molecular weight excluding hydrogens is 260 g/mol. The van der Waals surface area contributed by atoms with Crippen LogP contribution in [0.2, 0.25) is 0 Å². The Balaban J connectivity index is 2.07. The summed E-state index contributed by atoms with van der Waals surface area (Å²) in [7, 11) is 0. The van der Waals surface area contributed by atoms with E-state index in [9.17, 15) is 5.11 Å². The topological polar surface area (TPSA) is 125 Å². The summed E-state index contributed by atoms with van der Waals surface area (Å²) in [5.74, 6) is 2.71. The van der Waals surface area contributed by atoms with Crippen LogP contribution in [0.3, 0.4) is 0 Å². The lowest BCUT2D eigenvalue weighted by Crippen LogP contribution is -2.33. The second-order valence-corrected chi connectivity index (χ2v) is 4.87. The molecule has 0 spiro atoms. The fraction of sp³-hybridized carbons (Fsp3) is 0.417. The summed E-state index contributed by atoms with van der Waals surface area (Å²) in [6, 6.07) is 0. The molecule has 1 fully saturated rings. The van der Waals surface area contributed by atoms with Gasteiger partial charge in [-0.05, 0) is 6.92 Å². The zero-order valence-corrected chi connectivity index (χ0v) is 10.8. The Morgan fingerprint density at radius 2 is 2.30 bits per heavy atom. The number of aromatic nitrogens is 4. The highest BCUT2D eigenvalue weighted by Crippen LogP contribution is 2.37. The molecule has 3 atom stereocenters. The summed E-state index contributed by atoms with van der Waals surface area (Å²) in [6.07, 6.45) is 6.01. The van der Waals surface area contributed by atoms with Crippen LogP contribution in [0.15, 0.2) is 6.33 Å². The van der Waals surface area contributed by atoms with Crippen LogP contribution < -0.4 is 11.5 Å². The van der Waals surface area contributed by atoms with Crippen molar-refractivity contribution < 1.29 is 9.84 Å². The molecule has 0 bridgehead atoms. The quantitative estimate of drug-likeness (QED) is 0.607. The Morgan fingerprint density at radius 1 is 1.55 bits per heavy atom. The van der Waals surface area contributed by atoms with Gasteiger partial charge in [-0.2, -0.15) is 9.97 Å². The van der Waals surface area contributed by atoms with Crippen LogP contribution in [0.4, 0.5) is 11.8 Å². The minimum absolute atomic E-state index is 0.0509. The molecule has 2 aromatic rings. The first-order chi connectivity index (χ1) is 9.44. The van der Waals surface area contributed by atoms with Crippen molar-refractivity contribution in [1.29, 1.82) is 0 Å². The normalized spacial score (nSPS) is 29.6. The largest absolute Gasteiger partial charge is 0.389 e. The van der Waals surface area contributed by atoms with E-state index in [2.05, 4.69) is 20.9 Å². The van der Waals surface area contributed by atoms with Gasteiger partial charge < -0.3 is 21.3 Å². The van der Waals surface area contributed by atoms with Crippen molar-refractivity contribution in [2.75, 3.05) is 11.5 Å². The molecular formula is C12H14N6O2. The van der Waals surface area contributed by atoms with Crippen LogP contribution >= 0.6 is 0 Å². The van der Waals surface area contributed by atoms with Gasteiger partial charge >= 0.3 is 0 Å². The number of aliphatic hydroxyl groups excluding tert-OH is 1. The molecule has 0 aromatic carbocycles. The first kappa shape index (κ1) is 12.7. The van der Waals surface area contributed by atoms with Crippen LogP contribution in [-0.4, -0.2) is 36.3 Å². The van der Waals surface area contributed by atoms with Gasteiger partial charge in [-0.3, -0.25) is 4.57 Å². The summed E-state index contributed by atoms with van der Waals surface area (Å²) < 4.78 is 7.39. The Labute approximate surface area is 114 Å². The first-order valence-corrected chi connectivity index (χ1v) is 6.04. The average Bonchev–Trinajstić information content (AvgIpc) is 2.92. The molecule has 0 radical (unpaired) electrons. The Kier molecular flexibility index (Phi) is 2.57. The molecule has 20 heavy (non-hydrogen) atoms. The predicted molar refractivity (Wildman–Crippen MR) is 72.1 cm³/mol. The summed E-state index contributed by atoms with van der Waals surface area (Å²) in [6.45, 7) is 1.66. The molecule has 104 valence electrons. The lowest BCUT2D eigenvalue weighted by Gasteiger charge is -2.21. The summed E-state index contributed by atoms with van der Waals surface area (Å²) in [4.78, 5) is 12.1. The third-order valence-corrected chi connectivity index (χ3v) is 3.50.